The van der Waals surface area contributed by atoms with Gasteiger partial charge in [0.25, 0.3) is 0 Å². The van der Waals surface area contributed by atoms with Gasteiger partial charge in [0.15, 0.2) is 0 Å². The third-order valence-corrected chi connectivity index (χ3v) is 2.14. The molecule has 0 spiro atoms. The van der Waals surface area contributed by atoms with Crippen LogP contribution in [0.15, 0.2) is 30.8 Å². The van der Waals surface area contributed by atoms with Gasteiger partial charge in [0.1, 0.15) is 0 Å². The maximum absolute atomic E-state index is 11.3. The molecule has 0 atom stereocenters. The van der Waals surface area contributed by atoms with E-state index in [9.17, 15) is 4.79 Å². The van der Waals surface area contributed by atoms with Crippen LogP contribution in [0, 0.1) is 9.85 Å². The van der Waals surface area contributed by atoms with Crippen LogP contribution in [-0.4, -0.2) is 13.1 Å². The smallest absolute Gasteiger partial charge is 0.337 e. The lowest BCUT2D eigenvalue weighted by molar-refractivity contribution is -0.133. The van der Waals surface area contributed by atoms with E-state index in [0.29, 0.717) is 11.1 Å². The van der Waals surface area contributed by atoms with Crippen molar-refractivity contribution in [2.75, 3.05) is 7.11 Å². The van der Waals surface area contributed by atoms with Gasteiger partial charge in [-0.05, 0) is 9.99 Å². The SMILES string of the molecule is C=C(C(=O)OC)c1ccccc1C#CI. The summed E-state index contributed by atoms with van der Waals surface area (Å²) in [5.74, 6) is 2.47. The van der Waals surface area contributed by atoms with Gasteiger partial charge in [-0.2, -0.15) is 0 Å². The monoisotopic (exact) mass is 312 g/mol. The summed E-state index contributed by atoms with van der Waals surface area (Å²) in [5, 5.41) is 0. The van der Waals surface area contributed by atoms with Crippen LogP contribution >= 0.6 is 22.6 Å². The summed E-state index contributed by atoms with van der Waals surface area (Å²) < 4.78 is 7.37. The molecule has 0 heterocycles. The first-order valence-electron chi connectivity index (χ1n) is 4.19. The summed E-state index contributed by atoms with van der Waals surface area (Å²) in [6, 6.07) is 7.34. The number of carbonyl (C=O) groups excluding carboxylic acids is 1. The predicted octanol–water partition coefficient (Wildman–Crippen LogP) is 2.62. The van der Waals surface area contributed by atoms with E-state index in [1.165, 1.54) is 7.11 Å². The minimum Gasteiger partial charge on any atom is -0.465 e. The summed E-state index contributed by atoms with van der Waals surface area (Å²) in [7, 11) is 1.33. The Labute approximate surface area is 102 Å². The highest BCUT2D eigenvalue weighted by Crippen LogP contribution is 2.18. The lowest BCUT2D eigenvalue weighted by Crippen LogP contribution is -2.03. The Morgan fingerprint density at radius 1 is 1.47 bits per heavy atom. The fraction of sp³-hybridized carbons (Fsp3) is 0.0833. The average molecular weight is 312 g/mol. The minimum absolute atomic E-state index is 0.326. The first-order chi connectivity index (χ1) is 7.20. The number of esters is 1. The summed E-state index contributed by atoms with van der Waals surface area (Å²) in [6.45, 7) is 3.69. The van der Waals surface area contributed by atoms with Crippen molar-refractivity contribution in [1.82, 2.24) is 0 Å². The zero-order valence-electron chi connectivity index (χ0n) is 8.21. The van der Waals surface area contributed by atoms with Crippen LogP contribution in [0.2, 0.25) is 0 Å². The normalized spacial score (nSPS) is 8.67. The molecule has 1 aromatic carbocycles. The number of halogens is 1. The lowest BCUT2D eigenvalue weighted by atomic mass is 10.0. The molecule has 1 aromatic rings. The number of benzene rings is 1. The van der Waals surface area contributed by atoms with E-state index in [0.717, 1.165) is 5.56 Å². The van der Waals surface area contributed by atoms with Crippen LogP contribution in [0.3, 0.4) is 0 Å². The molecule has 1 rings (SSSR count). The summed E-state index contributed by atoms with van der Waals surface area (Å²) >= 11 is 1.95. The topological polar surface area (TPSA) is 26.3 Å². The van der Waals surface area contributed by atoms with E-state index in [-0.39, 0.29) is 0 Å². The van der Waals surface area contributed by atoms with Crippen LogP contribution in [-0.2, 0) is 9.53 Å². The Bertz CT molecular complexity index is 452. The molecular weight excluding hydrogens is 303 g/mol. The highest BCUT2D eigenvalue weighted by Gasteiger charge is 2.11. The Morgan fingerprint density at radius 2 is 2.13 bits per heavy atom. The Kier molecular flexibility index (Phi) is 4.37. The standard InChI is InChI=1S/C12H9IO2/c1-9(12(14)15-2)11-6-4-3-5-10(11)7-8-13/h3-6H,1H2,2H3. The second kappa shape index (κ2) is 5.56. The maximum Gasteiger partial charge on any atom is 0.337 e. The molecule has 0 aromatic heterocycles. The molecule has 0 aliphatic carbocycles. The first-order valence-corrected chi connectivity index (χ1v) is 5.27. The van der Waals surface area contributed by atoms with Gasteiger partial charge in [0, 0.05) is 33.7 Å². The van der Waals surface area contributed by atoms with Crippen LogP contribution in [0.25, 0.3) is 5.57 Å². The number of rotatable bonds is 2. The van der Waals surface area contributed by atoms with E-state index >= 15 is 0 Å². The summed E-state index contributed by atoms with van der Waals surface area (Å²) in [6.07, 6.45) is 0. The molecule has 3 heteroatoms. The molecule has 2 nitrogen and oxygen atoms in total. The number of hydrogen-bond donors (Lipinski definition) is 0. The van der Waals surface area contributed by atoms with Gasteiger partial charge >= 0.3 is 5.97 Å². The van der Waals surface area contributed by atoms with Gasteiger partial charge in [-0.1, -0.05) is 30.7 Å². The van der Waals surface area contributed by atoms with Crippen LogP contribution in [0.1, 0.15) is 11.1 Å². The molecule has 0 aliphatic rings. The highest BCUT2D eigenvalue weighted by molar-refractivity contribution is 14.1. The molecule has 0 radical (unpaired) electrons. The van der Waals surface area contributed by atoms with Gasteiger partial charge in [-0.15, -0.1) is 0 Å². The lowest BCUT2D eigenvalue weighted by Gasteiger charge is -2.05. The van der Waals surface area contributed by atoms with Crippen molar-refractivity contribution in [3.8, 4) is 9.85 Å². The number of carbonyl (C=O) groups is 1. The summed E-state index contributed by atoms with van der Waals surface area (Å²) in [4.78, 5) is 11.3. The molecule has 0 N–H and O–H groups in total. The van der Waals surface area contributed by atoms with E-state index in [2.05, 4.69) is 21.2 Å². The predicted molar refractivity (Wildman–Crippen MR) is 68.4 cm³/mol. The maximum atomic E-state index is 11.3. The van der Waals surface area contributed by atoms with Gasteiger partial charge in [0.2, 0.25) is 0 Å². The highest BCUT2D eigenvalue weighted by atomic mass is 127. The van der Waals surface area contributed by atoms with Gasteiger partial charge in [-0.3, -0.25) is 0 Å². The summed E-state index contributed by atoms with van der Waals surface area (Å²) in [5.41, 5.74) is 1.82. The molecule has 0 saturated heterocycles. The van der Waals surface area contributed by atoms with Gasteiger partial charge in [0.05, 0.1) is 12.7 Å². The van der Waals surface area contributed by atoms with Crippen molar-refractivity contribution in [2.24, 2.45) is 0 Å². The molecular formula is C12H9IO2. The molecule has 0 amide bonds. The zero-order valence-corrected chi connectivity index (χ0v) is 10.4. The zero-order chi connectivity index (χ0) is 11.3. The molecule has 0 fully saturated rings. The average Bonchev–Trinajstić information content (AvgIpc) is 2.28. The van der Waals surface area contributed by atoms with Crippen molar-refractivity contribution < 1.29 is 9.53 Å². The molecule has 76 valence electrons. The first kappa shape index (κ1) is 11.8. The van der Waals surface area contributed by atoms with Crippen molar-refractivity contribution >= 4 is 34.1 Å². The van der Waals surface area contributed by atoms with E-state index in [1.807, 2.05) is 40.8 Å². The van der Waals surface area contributed by atoms with Gasteiger partial charge < -0.3 is 4.74 Å². The number of ether oxygens (including phenoxy) is 1. The Morgan fingerprint density at radius 3 is 2.73 bits per heavy atom. The Hall–Kier alpha value is -1.28. The molecule has 0 aliphatic heterocycles. The minimum atomic E-state index is -0.433. The van der Waals surface area contributed by atoms with Crippen molar-refractivity contribution in [1.29, 1.82) is 0 Å². The van der Waals surface area contributed by atoms with Crippen LogP contribution < -0.4 is 0 Å². The van der Waals surface area contributed by atoms with Crippen molar-refractivity contribution in [2.45, 2.75) is 0 Å². The van der Waals surface area contributed by atoms with E-state index in [1.54, 1.807) is 6.07 Å². The van der Waals surface area contributed by atoms with Crippen LogP contribution in [0.4, 0.5) is 0 Å². The second-order valence-electron chi connectivity index (χ2n) is 2.74. The molecule has 0 bridgehead atoms. The molecule has 15 heavy (non-hydrogen) atoms. The number of methoxy groups -OCH3 is 1. The molecule has 0 unspecified atom stereocenters. The third kappa shape index (κ3) is 2.83. The number of hydrogen-bond acceptors (Lipinski definition) is 2. The quantitative estimate of drug-likeness (QED) is 0.363. The fourth-order valence-electron chi connectivity index (χ4n) is 1.14. The largest absolute Gasteiger partial charge is 0.465 e. The van der Waals surface area contributed by atoms with Gasteiger partial charge in [-0.25, -0.2) is 4.79 Å². The second-order valence-corrected chi connectivity index (χ2v) is 3.27. The van der Waals surface area contributed by atoms with E-state index < -0.39 is 5.97 Å². The molecule has 0 saturated carbocycles. The van der Waals surface area contributed by atoms with E-state index in [4.69, 9.17) is 0 Å². The van der Waals surface area contributed by atoms with Crippen molar-refractivity contribution in [3.63, 3.8) is 0 Å². The van der Waals surface area contributed by atoms with Crippen LogP contribution in [0.5, 0.6) is 0 Å². The fourth-order valence-corrected chi connectivity index (χ4v) is 1.43. The third-order valence-electron chi connectivity index (χ3n) is 1.87. The van der Waals surface area contributed by atoms with Crippen molar-refractivity contribution in [3.05, 3.63) is 42.0 Å². The Balaban J connectivity index is 3.17.